The first kappa shape index (κ1) is 85.2. The fraction of sp³-hybridized carbons (Fsp3) is 0.896. The molecule has 0 aliphatic heterocycles. The number of ether oxygens (including phenoxy) is 2. The fourth-order valence-electron chi connectivity index (χ4n) is 11.6. The summed E-state index contributed by atoms with van der Waals surface area (Å²) in [5.74, 6) is -0.807. The smallest absolute Gasteiger partial charge is 0.306 e. The minimum atomic E-state index is -4.64. The summed E-state index contributed by atoms with van der Waals surface area (Å²) in [7, 11) is 1.19. The van der Waals surface area contributed by atoms with Crippen molar-refractivity contribution in [2.75, 3.05) is 47.5 Å². The summed E-state index contributed by atoms with van der Waals surface area (Å²) in [4.78, 5) is 38.1. The van der Waals surface area contributed by atoms with Crippen LogP contribution in [0.4, 0.5) is 0 Å². The molecule has 0 saturated heterocycles. The SMILES string of the molecule is CCCCCCC/C=C\C/C=C\C/C=C\CCCCCCCCCCCCCCCCCCCCCCCCCCC(=O)OC(COC(=O)CCCCCCCCCCCCCCCCCCCCCCCCCC)COP(=O)([O-])OCC[N+](C)(C)C. The molecule has 2 unspecified atom stereocenters. The zero-order valence-electron chi connectivity index (χ0n) is 58.7. The van der Waals surface area contributed by atoms with Gasteiger partial charge in [0.05, 0.1) is 27.7 Å². The fourth-order valence-corrected chi connectivity index (χ4v) is 12.3. The molecule has 0 amide bonds. The van der Waals surface area contributed by atoms with Crippen molar-refractivity contribution in [2.45, 2.75) is 399 Å². The van der Waals surface area contributed by atoms with E-state index in [4.69, 9.17) is 18.5 Å². The number of carbonyl (C=O) groups excluding carboxylic acids is 2. The van der Waals surface area contributed by atoms with Crippen LogP contribution in [0.3, 0.4) is 0 Å². The number of phosphoric acid groups is 1. The Labute approximate surface area is 541 Å². The lowest BCUT2D eigenvalue weighted by molar-refractivity contribution is -0.870. The Morgan fingerprint density at radius 2 is 0.621 bits per heavy atom. The Hall–Kier alpha value is -1.77. The van der Waals surface area contributed by atoms with Crippen LogP contribution in [0.25, 0.3) is 0 Å². The molecule has 0 spiro atoms. The predicted molar refractivity (Wildman–Crippen MR) is 374 cm³/mol. The summed E-state index contributed by atoms with van der Waals surface area (Å²) in [5.41, 5.74) is 0. The summed E-state index contributed by atoms with van der Waals surface area (Å²) in [6.45, 7) is 4.31. The molecule has 10 heteroatoms. The van der Waals surface area contributed by atoms with Crippen LogP contribution in [0.5, 0.6) is 0 Å². The van der Waals surface area contributed by atoms with Crippen LogP contribution in [0.15, 0.2) is 36.5 Å². The molecule has 0 radical (unpaired) electrons. The van der Waals surface area contributed by atoms with Crippen molar-refractivity contribution in [3.8, 4) is 0 Å². The van der Waals surface area contributed by atoms with E-state index < -0.39 is 26.5 Å². The number of likely N-dealkylation sites (N-methyl/N-ethyl adjacent to an activating group) is 1. The topological polar surface area (TPSA) is 111 Å². The molecule has 0 aromatic heterocycles. The van der Waals surface area contributed by atoms with Gasteiger partial charge in [0.2, 0.25) is 0 Å². The second kappa shape index (κ2) is 68.6. The summed E-state index contributed by atoms with van der Waals surface area (Å²) in [6.07, 6.45) is 88.3. The molecule has 0 aromatic carbocycles. The second-order valence-electron chi connectivity index (χ2n) is 27.4. The first-order valence-electron chi connectivity index (χ1n) is 38.2. The van der Waals surface area contributed by atoms with Gasteiger partial charge >= 0.3 is 11.9 Å². The van der Waals surface area contributed by atoms with Gasteiger partial charge in [0.1, 0.15) is 19.8 Å². The van der Waals surface area contributed by atoms with E-state index in [1.807, 2.05) is 21.1 Å². The lowest BCUT2D eigenvalue weighted by Gasteiger charge is -2.28. The van der Waals surface area contributed by atoms with Gasteiger partial charge in [-0.3, -0.25) is 14.2 Å². The van der Waals surface area contributed by atoms with Crippen molar-refractivity contribution in [3.05, 3.63) is 36.5 Å². The Morgan fingerprint density at radius 3 is 0.920 bits per heavy atom. The molecule has 0 rings (SSSR count). The maximum atomic E-state index is 12.9. The number of nitrogens with zero attached hydrogens (tertiary/aromatic N) is 1. The van der Waals surface area contributed by atoms with E-state index in [0.717, 1.165) is 44.9 Å². The third-order valence-corrected chi connectivity index (χ3v) is 18.4. The van der Waals surface area contributed by atoms with Gasteiger partial charge in [-0.2, -0.15) is 0 Å². The molecule has 0 heterocycles. The van der Waals surface area contributed by atoms with Crippen molar-refractivity contribution < 1.29 is 42.1 Å². The van der Waals surface area contributed by atoms with E-state index in [0.29, 0.717) is 17.4 Å². The number of phosphoric ester groups is 1. The van der Waals surface area contributed by atoms with E-state index in [-0.39, 0.29) is 32.0 Å². The highest BCUT2D eigenvalue weighted by atomic mass is 31.2. The highest BCUT2D eigenvalue weighted by Crippen LogP contribution is 2.38. The highest BCUT2D eigenvalue weighted by molar-refractivity contribution is 7.45. The number of rotatable bonds is 72. The number of esters is 2. The lowest BCUT2D eigenvalue weighted by Crippen LogP contribution is -2.37. The molecule has 0 N–H and O–H groups in total. The van der Waals surface area contributed by atoms with Gasteiger partial charge in [-0.1, -0.05) is 365 Å². The average molecular weight is 1250 g/mol. The van der Waals surface area contributed by atoms with Gasteiger partial charge in [0.25, 0.3) is 7.82 Å². The summed E-state index contributed by atoms with van der Waals surface area (Å²) >= 11 is 0. The molecule has 0 fully saturated rings. The van der Waals surface area contributed by atoms with Crippen LogP contribution in [0.2, 0.25) is 0 Å². The van der Waals surface area contributed by atoms with Gasteiger partial charge in [-0.25, -0.2) is 0 Å². The molecule has 9 nitrogen and oxygen atoms in total. The number of quaternary nitrogens is 1. The van der Waals surface area contributed by atoms with Crippen LogP contribution < -0.4 is 4.89 Å². The second-order valence-corrected chi connectivity index (χ2v) is 28.8. The van der Waals surface area contributed by atoms with Gasteiger partial charge in [-0.05, 0) is 51.4 Å². The van der Waals surface area contributed by atoms with Crippen LogP contribution >= 0.6 is 7.82 Å². The summed E-state index contributed by atoms with van der Waals surface area (Å²) < 4.78 is 34.4. The number of hydrogen-bond acceptors (Lipinski definition) is 8. The zero-order chi connectivity index (χ0) is 63.4. The standard InChI is InChI=1S/C77H148NO8P/c1-6-8-10-12-14-16-18-20-22-24-26-28-30-32-33-34-35-36-37-38-39-40-41-42-43-44-45-46-48-50-52-54-56-58-60-62-64-66-68-70-77(80)86-75(74-85-87(81,82)84-72-71-78(3,4)5)73-83-76(79)69-67-65-63-61-59-57-55-53-51-49-47-31-29-27-25-23-21-19-17-15-13-11-9-7-2/h18,20,24,26,30,32,75H,6-17,19,21-23,25,27-29,31,33-74H2,1-5H3/b20-18-,26-24-,32-30-. The van der Waals surface area contributed by atoms with Gasteiger partial charge in [0.15, 0.2) is 6.10 Å². The predicted octanol–water partition coefficient (Wildman–Crippen LogP) is 24.4. The maximum absolute atomic E-state index is 12.9. The van der Waals surface area contributed by atoms with Gasteiger partial charge in [-0.15, -0.1) is 0 Å². The van der Waals surface area contributed by atoms with Gasteiger partial charge < -0.3 is 27.9 Å². The molecular formula is C77H148NO8P. The van der Waals surface area contributed by atoms with Crippen molar-refractivity contribution in [3.63, 3.8) is 0 Å². The maximum Gasteiger partial charge on any atom is 0.306 e. The van der Waals surface area contributed by atoms with Crippen LogP contribution in [0, 0.1) is 0 Å². The number of unbranched alkanes of at least 4 members (excludes halogenated alkanes) is 52. The third-order valence-electron chi connectivity index (χ3n) is 17.4. The first-order valence-corrected chi connectivity index (χ1v) is 39.7. The van der Waals surface area contributed by atoms with E-state index in [1.54, 1.807) is 0 Å². The monoisotopic (exact) mass is 1250 g/mol. The van der Waals surface area contributed by atoms with E-state index >= 15 is 0 Å². The average Bonchev–Trinajstić information content (AvgIpc) is 3.68. The highest BCUT2D eigenvalue weighted by Gasteiger charge is 2.22. The summed E-state index contributed by atoms with van der Waals surface area (Å²) in [5, 5.41) is 0. The Kier molecular flexibility index (Phi) is 67.2. The Balaban J connectivity index is 3.90. The van der Waals surface area contributed by atoms with Crippen molar-refractivity contribution in [1.82, 2.24) is 0 Å². The van der Waals surface area contributed by atoms with Crippen molar-refractivity contribution in [2.24, 2.45) is 0 Å². The minimum Gasteiger partial charge on any atom is -0.756 e. The largest absolute Gasteiger partial charge is 0.756 e. The normalized spacial score (nSPS) is 13.2. The number of carbonyl (C=O) groups is 2. The van der Waals surface area contributed by atoms with E-state index in [1.165, 1.54) is 315 Å². The van der Waals surface area contributed by atoms with Crippen LogP contribution in [-0.2, 0) is 32.7 Å². The first-order chi connectivity index (χ1) is 42.5. The lowest BCUT2D eigenvalue weighted by atomic mass is 10.0. The Morgan fingerprint density at radius 1 is 0.356 bits per heavy atom. The third kappa shape index (κ3) is 73.2. The minimum absolute atomic E-state index is 0.0268. The number of allylic oxidation sites excluding steroid dienone is 6. The molecule has 514 valence electrons. The number of hydrogen-bond donors (Lipinski definition) is 0. The molecular weight excluding hydrogens is 1100 g/mol. The molecule has 0 aliphatic carbocycles. The van der Waals surface area contributed by atoms with E-state index in [9.17, 15) is 19.0 Å². The van der Waals surface area contributed by atoms with E-state index in [2.05, 4.69) is 50.3 Å². The molecule has 0 saturated carbocycles. The quantitative estimate of drug-likeness (QED) is 0.0195. The van der Waals surface area contributed by atoms with Crippen LogP contribution in [-0.4, -0.2) is 70.0 Å². The molecule has 0 aliphatic rings. The molecule has 87 heavy (non-hydrogen) atoms. The molecule has 2 atom stereocenters. The molecule has 0 bridgehead atoms. The van der Waals surface area contributed by atoms with Crippen LogP contribution in [0.1, 0.15) is 393 Å². The van der Waals surface area contributed by atoms with Crippen molar-refractivity contribution in [1.29, 1.82) is 0 Å². The Bertz CT molecular complexity index is 1560. The molecule has 0 aromatic rings. The summed E-state index contributed by atoms with van der Waals surface area (Å²) in [6, 6.07) is 0. The van der Waals surface area contributed by atoms with Gasteiger partial charge in [0, 0.05) is 12.8 Å². The zero-order valence-corrected chi connectivity index (χ0v) is 59.6. The van der Waals surface area contributed by atoms with Crippen molar-refractivity contribution >= 4 is 19.8 Å².